The summed E-state index contributed by atoms with van der Waals surface area (Å²) in [6.07, 6.45) is 9.31. The van der Waals surface area contributed by atoms with E-state index in [9.17, 15) is 0 Å². The highest BCUT2D eigenvalue weighted by molar-refractivity contribution is 7.80. The minimum atomic E-state index is 0.712. The molecule has 0 unspecified atom stereocenters. The minimum absolute atomic E-state index is 0.712. The van der Waals surface area contributed by atoms with Gasteiger partial charge in [0.1, 0.15) is 0 Å². The third-order valence-electron chi connectivity index (χ3n) is 5.04. The molecule has 2 atom stereocenters. The van der Waals surface area contributed by atoms with Crippen LogP contribution in [0.5, 0.6) is 0 Å². The largest absolute Gasteiger partial charge is 0.362 e. The van der Waals surface area contributed by atoms with E-state index >= 15 is 0 Å². The van der Waals surface area contributed by atoms with Gasteiger partial charge in [-0.05, 0) is 55.8 Å². The first kappa shape index (κ1) is 14.8. The second kappa shape index (κ2) is 7.26. The maximum Gasteiger partial charge on any atom is 0.169 e. The first-order valence-electron chi connectivity index (χ1n) is 8.43. The van der Waals surface area contributed by atoms with E-state index in [1.54, 1.807) is 0 Å². The molecule has 2 aliphatic rings. The number of likely N-dealkylation sites (tertiary alicyclic amines) is 1. The molecule has 0 spiro atoms. The van der Waals surface area contributed by atoms with E-state index in [2.05, 4.69) is 40.5 Å². The van der Waals surface area contributed by atoms with Gasteiger partial charge in [-0.1, -0.05) is 43.2 Å². The molecular formula is C18H26N2S. The summed E-state index contributed by atoms with van der Waals surface area (Å²) in [6.45, 7) is 2.09. The summed E-state index contributed by atoms with van der Waals surface area (Å²) in [5.74, 6) is 0.890. The molecule has 1 N–H and O–H groups in total. The van der Waals surface area contributed by atoms with Crippen LogP contribution in [0.3, 0.4) is 0 Å². The highest BCUT2D eigenvalue weighted by Gasteiger charge is 2.34. The normalized spacial score (nSPS) is 25.2. The molecule has 114 valence electrons. The van der Waals surface area contributed by atoms with Crippen molar-refractivity contribution in [1.29, 1.82) is 0 Å². The molecule has 21 heavy (non-hydrogen) atoms. The van der Waals surface area contributed by atoms with Gasteiger partial charge in [0.25, 0.3) is 0 Å². The number of fused-ring (bicyclic) bond motifs is 1. The Hall–Kier alpha value is -1.09. The van der Waals surface area contributed by atoms with Crippen molar-refractivity contribution in [2.45, 2.75) is 51.0 Å². The Morgan fingerprint density at radius 3 is 2.71 bits per heavy atom. The van der Waals surface area contributed by atoms with Crippen LogP contribution in [0.1, 0.15) is 44.1 Å². The Bertz CT molecular complexity index is 458. The van der Waals surface area contributed by atoms with E-state index in [0.29, 0.717) is 6.04 Å². The van der Waals surface area contributed by atoms with Crippen molar-refractivity contribution >= 4 is 17.3 Å². The van der Waals surface area contributed by atoms with Gasteiger partial charge in [0, 0.05) is 19.1 Å². The highest BCUT2D eigenvalue weighted by atomic mass is 32.1. The number of piperidine rings is 1. The Morgan fingerprint density at radius 1 is 1.10 bits per heavy atom. The third kappa shape index (κ3) is 3.76. The van der Waals surface area contributed by atoms with Gasteiger partial charge in [0.2, 0.25) is 0 Å². The monoisotopic (exact) mass is 302 g/mol. The molecule has 3 heteroatoms. The summed E-state index contributed by atoms with van der Waals surface area (Å²) in [6, 6.07) is 11.4. The van der Waals surface area contributed by atoms with Crippen molar-refractivity contribution in [2.75, 3.05) is 13.1 Å². The van der Waals surface area contributed by atoms with E-state index in [-0.39, 0.29) is 0 Å². The molecule has 1 aliphatic heterocycles. The Kier molecular flexibility index (Phi) is 5.13. The number of hydrogen-bond acceptors (Lipinski definition) is 1. The molecular weight excluding hydrogens is 276 g/mol. The number of benzene rings is 1. The SMILES string of the molecule is S=C(NCCc1ccccc1)N1CCC[C@H]2CCCC[C@H]21. The van der Waals surface area contributed by atoms with Gasteiger partial charge < -0.3 is 10.2 Å². The molecule has 1 aromatic carbocycles. The fourth-order valence-corrected chi connectivity index (χ4v) is 4.27. The average Bonchev–Trinajstić information content (AvgIpc) is 2.55. The third-order valence-corrected chi connectivity index (χ3v) is 5.42. The zero-order valence-electron chi connectivity index (χ0n) is 12.8. The van der Waals surface area contributed by atoms with E-state index in [1.165, 1.54) is 44.1 Å². The van der Waals surface area contributed by atoms with Crippen LogP contribution in [0, 0.1) is 5.92 Å². The lowest BCUT2D eigenvalue weighted by molar-refractivity contribution is 0.118. The predicted octanol–water partition coefficient (Wildman–Crippen LogP) is 3.76. The lowest BCUT2D eigenvalue weighted by Gasteiger charge is -2.45. The number of nitrogens with one attached hydrogen (secondary N) is 1. The second-order valence-corrected chi connectivity index (χ2v) is 6.80. The van der Waals surface area contributed by atoms with E-state index in [4.69, 9.17) is 12.2 Å². The number of hydrogen-bond donors (Lipinski definition) is 1. The molecule has 3 rings (SSSR count). The van der Waals surface area contributed by atoms with Crippen molar-refractivity contribution in [3.63, 3.8) is 0 Å². The van der Waals surface area contributed by atoms with Crippen molar-refractivity contribution in [3.8, 4) is 0 Å². The van der Waals surface area contributed by atoms with E-state index < -0.39 is 0 Å². The first-order valence-corrected chi connectivity index (χ1v) is 8.84. The van der Waals surface area contributed by atoms with Gasteiger partial charge in [0.05, 0.1) is 0 Å². The fraction of sp³-hybridized carbons (Fsp3) is 0.611. The molecule has 0 bridgehead atoms. The maximum atomic E-state index is 5.67. The van der Waals surface area contributed by atoms with Crippen LogP contribution >= 0.6 is 12.2 Å². The summed E-state index contributed by atoms with van der Waals surface area (Å²) in [5, 5.41) is 4.48. The standard InChI is InChI=1S/C18H26N2S/c21-18(19-13-12-15-7-2-1-3-8-15)20-14-6-10-16-9-4-5-11-17(16)20/h1-3,7-8,16-17H,4-6,9-14H2,(H,19,21)/t16-,17-/m1/s1. The second-order valence-electron chi connectivity index (χ2n) is 6.42. The first-order chi connectivity index (χ1) is 10.3. The number of thiocarbonyl (C=S) groups is 1. The van der Waals surface area contributed by atoms with Crippen molar-refractivity contribution < 1.29 is 0 Å². The molecule has 1 aliphatic carbocycles. The van der Waals surface area contributed by atoms with Crippen LogP contribution in [0.15, 0.2) is 30.3 Å². The summed E-state index contributed by atoms with van der Waals surface area (Å²) in [4.78, 5) is 2.49. The van der Waals surface area contributed by atoms with Gasteiger partial charge >= 0.3 is 0 Å². The van der Waals surface area contributed by atoms with Crippen LogP contribution < -0.4 is 5.32 Å². The highest BCUT2D eigenvalue weighted by Crippen LogP contribution is 2.35. The smallest absolute Gasteiger partial charge is 0.169 e. The molecule has 0 radical (unpaired) electrons. The summed E-state index contributed by atoms with van der Waals surface area (Å²) in [5.41, 5.74) is 1.38. The molecule has 1 heterocycles. The molecule has 1 saturated carbocycles. The predicted molar refractivity (Wildman–Crippen MR) is 92.4 cm³/mol. The van der Waals surface area contributed by atoms with Crippen LogP contribution in [0.4, 0.5) is 0 Å². The number of rotatable bonds is 3. The average molecular weight is 302 g/mol. The van der Waals surface area contributed by atoms with Crippen molar-refractivity contribution in [3.05, 3.63) is 35.9 Å². The van der Waals surface area contributed by atoms with E-state index in [1.807, 2.05) is 0 Å². The topological polar surface area (TPSA) is 15.3 Å². The Balaban J connectivity index is 1.50. The zero-order chi connectivity index (χ0) is 14.5. The van der Waals surface area contributed by atoms with Gasteiger partial charge in [0.15, 0.2) is 5.11 Å². The maximum absolute atomic E-state index is 5.67. The number of nitrogens with zero attached hydrogens (tertiary/aromatic N) is 1. The summed E-state index contributed by atoms with van der Waals surface area (Å²) < 4.78 is 0. The van der Waals surface area contributed by atoms with Crippen LogP contribution in [0.2, 0.25) is 0 Å². The van der Waals surface area contributed by atoms with Crippen LogP contribution in [0.25, 0.3) is 0 Å². The van der Waals surface area contributed by atoms with Gasteiger partial charge in [-0.15, -0.1) is 0 Å². The quantitative estimate of drug-likeness (QED) is 0.856. The Morgan fingerprint density at radius 2 is 1.86 bits per heavy atom. The van der Waals surface area contributed by atoms with Gasteiger partial charge in [-0.25, -0.2) is 0 Å². The molecule has 2 fully saturated rings. The van der Waals surface area contributed by atoms with Crippen molar-refractivity contribution in [1.82, 2.24) is 10.2 Å². The lowest BCUT2D eigenvalue weighted by atomic mass is 9.78. The Labute approximate surface area is 133 Å². The zero-order valence-corrected chi connectivity index (χ0v) is 13.6. The molecule has 1 aromatic rings. The van der Waals surface area contributed by atoms with Crippen LogP contribution in [-0.2, 0) is 6.42 Å². The van der Waals surface area contributed by atoms with Gasteiger partial charge in [-0.2, -0.15) is 0 Å². The minimum Gasteiger partial charge on any atom is -0.362 e. The molecule has 0 amide bonds. The van der Waals surface area contributed by atoms with E-state index in [0.717, 1.165) is 30.5 Å². The van der Waals surface area contributed by atoms with Crippen molar-refractivity contribution in [2.24, 2.45) is 5.92 Å². The summed E-state index contributed by atoms with van der Waals surface area (Å²) in [7, 11) is 0. The van der Waals surface area contributed by atoms with Crippen LogP contribution in [-0.4, -0.2) is 29.1 Å². The fourth-order valence-electron chi connectivity index (χ4n) is 3.94. The molecule has 1 saturated heterocycles. The van der Waals surface area contributed by atoms with Gasteiger partial charge in [-0.3, -0.25) is 0 Å². The molecule has 2 nitrogen and oxygen atoms in total. The summed E-state index contributed by atoms with van der Waals surface area (Å²) >= 11 is 5.67. The molecule has 0 aromatic heterocycles. The lowest BCUT2D eigenvalue weighted by Crippen LogP contribution is -2.53.